The van der Waals surface area contributed by atoms with Crippen molar-refractivity contribution >= 4 is 11.8 Å². The Morgan fingerprint density at radius 1 is 0.950 bits per heavy atom. The first-order valence-corrected chi connectivity index (χ1v) is 7.67. The summed E-state index contributed by atoms with van der Waals surface area (Å²) in [5, 5.41) is 10.3. The summed E-state index contributed by atoms with van der Waals surface area (Å²) in [6, 6.07) is 0. The van der Waals surface area contributed by atoms with Gasteiger partial charge in [0.05, 0.1) is 11.1 Å². The lowest BCUT2D eigenvalue weighted by Crippen LogP contribution is -2.64. The Balaban J connectivity index is 2.24. The molecule has 20 heavy (non-hydrogen) atoms. The van der Waals surface area contributed by atoms with Gasteiger partial charge in [-0.2, -0.15) is 0 Å². The number of piperidine rings is 1. The normalized spacial score (nSPS) is 24.4. The van der Waals surface area contributed by atoms with Crippen molar-refractivity contribution < 1.29 is 14.7 Å². The fraction of sp³-hybridized carbons (Fsp3) is 0.875. The Labute approximate surface area is 121 Å². The van der Waals surface area contributed by atoms with Crippen LogP contribution >= 0.6 is 0 Å². The average molecular weight is 281 g/mol. The molecule has 1 spiro atoms. The highest BCUT2D eigenvalue weighted by atomic mass is 16.3. The summed E-state index contributed by atoms with van der Waals surface area (Å²) in [5.41, 5.74) is -2.09. The van der Waals surface area contributed by atoms with Gasteiger partial charge in [0.2, 0.25) is 11.8 Å². The Bertz CT molecular complexity index is 394. The molecule has 0 aromatic rings. The maximum Gasteiger partial charge on any atom is 0.230 e. The van der Waals surface area contributed by atoms with E-state index < -0.39 is 11.1 Å². The molecular formula is C16H27NO3. The largest absolute Gasteiger partial charge is 0.388 e. The smallest absolute Gasteiger partial charge is 0.230 e. The van der Waals surface area contributed by atoms with E-state index in [-0.39, 0.29) is 17.2 Å². The molecule has 1 saturated heterocycles. The van der Waals surface area contributed by atoms with Crippen LogP contribution < -0.4 is 0 Å². The van der Waals surface area contributed by atoms with Gasteiger partial charge in [0.1, 0.15) is 0 Å². The van der Waals surface area contributed by atoms with Crippen LogP contribution in [0, 0.1) is 5.41 Å². The van der Waals surface area contributed by atoms with E-state index in [2.05, 4.69) is 0 Å². The Morgan fingerprint density at radius 3 is 1.80 bits per heavy atom. The molecule has 2 fully saturated rings. The number of hydrogen-bond donors (Lipinski definition) is 1. The molecule has 1 saturated carbocycles. The summed E-state index contributed by atoms with van der Waals surface area (Å²) in [6.07, 6.45) is 6.34. The molecule has 0 bridgehead atoms. The number of rotatable bonds is 2. The van der Waals surface area contributed by atoms with Gasteiger partial charge >= 0.3 is 0 Å². The minimum Gasteiger partial charge on any atom is -0.388 e. The van der Waals surface area contributed by atoms with E-state index in [0.717, 1.165) is 25.7 Å². The van der Waals surface area contributed by atoms with Crippen LogP contribution in [0.5, 0.6) is 0 Å². The molecule has 2 rings (SSSR count). The molecule has 0 aromatic heterocycles. The zero-order valence-electron chi connectivity index (χ0n) is 13.2. The molecule has 0 atom stereocenters. The molecule has 4 nitrogen and oxygen atoms in total. The standard InChI is InChI=1S/C16H27NO3/c1-14(2,15(3,4)20)17-12(18)10-16(11-13(17)19)8-6-5-7-9-16/h20H,5-11H2,1-4H3. The zero-order valence-corrected chi connectivity index (χ0v) is 13.2. The van der Waals surface area contributed by atoms with Crippen molar-refractivity contribution in [2.24, 2.45) is 5.41 Å². The lowest BCUT2D eigenvalue weighted by atomic mass is 9.66. The fourth-order valence-corrected chi connectivity index (χ4v) is 3.55. The van der Waals surface area contributed by atoms with Crippen molar-refractivity contribution in [3.8, 4) is 0 Å². The second-order valence-corrected chi connectivity index (χ2v) is 7.66. The SMILES string of the molecule is CC(C)(O)C(C)(C)N1C(=O)CC2(CCCCC2)CC1=O. The number of amides is 2. The van der Waals surface area contributed by atoms with Gasteiger partial charge in [0, 0.05) is 12.8 Å². The second kappa shape index (κ2) is 4.83. The first-order valence-electron chi connectivity index (χ1n) is 7.67. The van der Waals surface area contributed by atoms with E-state index in [1.54, 1.807) is 27.7 Å². The van der Waals surface area contributed by atoms with Gasteiger partial charge in [-0.05, 0) is 46.0 Å². The first-order chi connectivity index (χ1) is 9.09. The van der Waals surface area contributed by atoms with Crippen molar-refractivity contribution in [1.29, 1.82) is 0 Å². The van der Waals surface area contributed by atoms with Crippen molar-refractivity contribution in [1.82, 2.24) is 4.90 Å². The third-order valence-corrected chi connectivity index (χ3v) is 5.52. The van der Waals surface area contributed by atoms with E-state index in [4.69, 9.17) is 0 Å². The van der Waals surface area contributed by atoms with E-state index >= 15 is 0 Å². The molecule has 1 aliphatic carbocycles. The number of aliphatic hydroxyl groups is 1. The van der Waals surface area contributed by atoms with E-state index in [1.165, 1.54) is 11.3 Å². The molecule has 2 aliphatic rings. The predicted octanol–water partition coefficient (Wildman–Crippen LogP) is 2.64. The topological polar surface area (TPSA) is 57.6 Å². The number of hydrogen-bond acceptors (Lipinski definition) is 3. The van der Waals surface area contributed by atoms with Crippen molar-refractivity contribution in [3.63, 3.8) is 0 Å². The van der Waals surface area contributed by atoms with Gasteiger partial charge in [0.25, 0.3) is 0 Å². The average Bonchev–Trinajstić information content (AvgIpc) is 2.26. The molecule has 2 amide bonds. The fourth-order valence-electron chi connectivity index (χ4n) is 3.55. The number of likely N-dealkylation sites (tertiary alicyclic amines) is 1. The van der Waals surface area contributed by atoms with E-state index in [0.29, 0.717) is 12.8 Å². The van der Waals surface area contributed by atoms with Crippen molar-refractivity contribution in [2.75, 3.05) is 0 Å². The third-order valence-electron chi connectivity index (χ3n) is 5.52. The quantitative estimate of drug-likeness (QED) is 0.792. The minimum atomic E-state index is -1.12. The van der Waals surface area contributed by atoms with Gasteiger partial charge in [0.15, 0.2) is 0 Å². The van der Waals surface area contributed by atoms with Crippen LogP contribution in [-0.4, -0.2) is 33.0 Å². The van der Waals surface area contributed by atoms with Gasteiger partial charge in [-0.25, -0.2) is 0 Å². The summed E-state index contributed by atoms with van der Waals surface area (Å²) in [5.74, 6) is -0.231. The van der Waals surface area contributed by atoms with Crippen LogP contribution in [-0.2, 0) is 9.59 Å². The highest BCUT2D eigenvalue weighted by molar-refractivity contribution is 5.99. The Hall–Kier alpha value is -0.900. The van der Waals surface area contributed by atoms with Crippen LogP contribution in [0.15, 0.2) is 0 Å². The number of carbonyl (C=O) groups is 2. The van der Waals surface area contributed by atoms with E-state index in [9.17, 15) is 14.7 Å². The number of carbonyl (C=O) groups excluding carboxylic acids is 2. The van der Waals surface area contributed by atoms with Crippen molar-refractivity contribution in [3.05, 3.63) is 0 Å². The monoisotopic (exact) mass is 281 g/mol. The summed E-state index contributed by atoms with van der Waals surface area (Å²) in [4.78, 5) is 26.4. The number of imide groups is 1. The Morgan fingerprint density at radius 2 is 1.40 bits per heavy atom. The molecular weight excluding hydrogens is 254 g/mol. The maximum atomic E-state index is 12.6. The molecule has 0 radical (unpaired) electrons. The zero-order chi connectivity index (χ0) is 15.2. The highest BCUT2D eigenvalue weighted by Crippen LogP contribution is 2.47. The van der Waals surface area contributed by atoms with Gasteiger partial charge in [-0.1, -0.05) is 19.3 Å². The summed E-state index contributed by atoms with van der Waals surface area (Å²) >= 11 is 0. The van der Waals surface area contributed by atoms with Gasteiger partial charge in [-0.15, -0.1) is 0 Å². The molecule has 0 unspecified atom stereocenters. The summed E-state index contributed by atoms with van der Waals surface area (Å²) in [7, 11) is 0. The van der Waals surface area contributed by atoms with Crippen LogP contribution in [0.1, 0.15) is 72.6 Å². The van der Waals surface area contributed by atoms with Crippen LogP contribution in [0.2, 0.25) is 0 Å². The molecule has 1 heterocycles. The highest BCUT2D eigenvalue weighted by Gasteiger charge is 2.52. The summed E-state index contributed by atoms with van der Waals surface area (Å²) in [6.45, 7) is 6.83. The Kier molecular flexibility index (Phi) is 3.74. The van der Waals surface area contributed by atoms with Gasteiger partial charge < -0.3 is 5.11 Å². The molecule has 0 aromatic carbocycles. The summed E-state index contributed by atoms with van der Waals surface area (Å²) < 4.78 is 0. The molecule has 1 aliphatic heterocycles. The predicted molar refractivity (Wildman–Crippen MR) is 77.0 cm³/mol. The lowest BCUT2D eigenvalue weighted by molar-refractivity contribution is -0.172. The molecule has 1 N–H and O–H groups in total. The molecule has 4 heteroatoms. The van der Waals surface area contributed by atoms with Crippen molar-refractivity contribution in [2.45, 2.75) is 83.8 Å². The lowest BCUT2D eigenvalue weighted by Gasteiger charge is -2.50. The maximum absolute atomic E-state index is 12.6. The number of nitrogens with zero attached hydrogens (tertiary/aromatic N) is 1. The molecule has 114 valence electrons. The van der Waals surface area contributed by atoms with Gasteiger partial charge in [-0.3, -0.25) is 14.5 Å². The first kappa shape index (κ1) is 15.5. The third kappa shape index (κ3) is 2.50. The van der Waals surface area contributed by atoms with Crippen LogP contribution in [0.25, 0.3) is 0 Å². The van der Waals surface area contributed by atoms with E-state index in [1.807, 2.05) is 0 Å². The minimum absolute atomic E-state index is 0.0986. The van der Waals surface area contributed by atoms with Crippen LogP contribution in [0.3, 0.4) is 0 Å². The second-order valence-electron chi connectivity index (χ2n) is 7.66. The van der Waals surface area contributed by atoms with Crippen LogP contribution in [0.4, 0.5) is 0 Å².